The molecule has 7 nitrogen and oxygen atoms in total. The van der Waals surface area contributed by atoms with E-state index in [0.717, 1.165) is 16.3 Å². The molecule has 2 aromatic carbocycles. The summed E-state index contributed by atoms with van der Waals surface area (Å²) in [5.74, 6) is 0.566. The number of amides is 4. The van der Waals surface area contributed by atoms with Gasteiger partial charge in [-0.3, -0.25) is 9.59 Å². The van der Waals surface area contributed by atoms with E-state index in [-0.39, 0.29) is 30.7 Å². The monoisotopic (exact) mass is 424 g/mol. The van der Waals surface area contributed by atoms with Gasteiger partial charge in [0.2, 0.25) is 11.8 Å². The predicted octanol–water partition coefficient (Wildman–Crippen LogP) is 3.85. The molecule has 3 N–H and O–H groups in total. The van der Waals surface area contributed by atoms with Gasteiger partial charge in [0.1, 0.15) is 0 Å². The highest BCUT2D eigenvalue weighted by Gasteiger charge is 2.22. The van der Waals surface area contributed by atoms with Crippen molar-refractivity contribution in [1.29, 1.82) is 0 Å². The number of carbonyl (C=O) groups excluding carboxylic acids is 3. The lowest BCUT2D eigenvalue weighted by atomic mass is 10.2. The number of benzene rings is 2. The minimum absolute atomic E-state index is 0.0528. The van der Waals surface area contributed by atoms with E-state index >= 15 is 0 Å². The molecule has 0 fully saturated rings. The second kappa shape index (κ2) is 10.5. The molecule has 4 amide bonds. The third-order valence-electron chi connectivity index (χ3n) is 4.43. The second-order valence-corrected chi connectivity index (χ2v) is 7.75. The third-order valence-corrected chi connectivity index (χ3v) is 5.47. The zero-order valence-electron chi connectivity index (χ0n) is 16.5. The third kappa shape index (κ3) is 5.87. The van der Waals surface area contributed by atoms with E-state index in [0.29, 0.717) is 24.5 Å². The Labute approximate surface area is 179 Å². The first-order valence-electron chi connectivity index (χ1n) is 9.64. The van der Waals surface area contributed by atoms with Crippen molar-refractivity contribution in [3.05, 3.63) is 61.2 Å². The number of carbonyl (C=O) groups is 3. The largest absolute Gasteiger partial charge is 0.334 e. The molecule has 8 heteroatoms. The summed E-state index contributed by atoms with van der Waals surface area (Å²) in [6.07, 6.45) is 1.84. The number of para-hydroxylation sites is 1. The summed E-state index contributed by atoms with van der Waals surface area (Å²) in [5, 5.41) is 8.07. The highest BCUT2D eigenvalue weighted by molar-refractivity contribution is 7.99. The molecule has 1 aliphatic heterocycles. The van der Waals surface area contributed by atoms with E-state index in [1.165, 1.54) is 0 Å². The van der Waals surface area contributed by atoms with Gasteiger partial charge in [-0.15, -0.1) is 18.3 Å². The first-order valence-corrected chi connectivity index (χ1v) is 10.6. The van der Waals surface area contributed by atoms with Crippen molar-refractivity contribution >= 4 is 46.7 Å². The van der Waals surface area contributed by atoms with Crippen molar-refractivity contribution in [2.75, 3.05) is 34.4 Å². The summed E-state index contributed by atoms with van der Waals surface area (Å²) in [5.41, 5.74) is 2.12. The van der Waals surface area contributed by atoms with Gasteiger partial charge in [0, 0.05) is 48.0 Å². The summed E-state index contributed by atoms with van der Waals surface area (Å²) in [6.45, 7) is 4.56. The minimum atomic E-state index is -0.331. The number of thioether (sulfide) groups is 1. The van der Waals surface area contributed by atoms with Crippen LogP contribution < -0.4 is 20.9 Å². The van der Waals surface area contributed by atoms with Crippen LogP contribution in [0.1, 0.15) is 12.8 Å². The van der Waals surface area contributed by atoms with Crippen molar-refractivity contribution in [1.82, 2.24) is 5.32 Å². The average molecular weight is 425 g/mol. The molecule has 2 aromatic rings. The van der Waals surface area contributed by atoms with Crippen LogP contribution in [0, 0.1) is 0 Å². The Morgan fingerprint density at radius 3 is 2.43 bits per heavy atom. The number of hydrogen-bond acceptors (Lipinski definition) is 4. The van der Waals surface area contributed by atoms with E-state index in [1.54, 1.807) is 47.0 Å². The van der Waals surface area contributed by atoms with E-state index < -0.39 is 0 Å². The van der Waals surface area contributed by atoms with Gasteiger partial charge in [0.25, 0.3) is 0 Å². The van der Waals surface area contributed by atoms with E-state index in [9.17, 15) is 14.4 Å². The fraction of sp³-hybridized carbons (Fsp3) is 0.227. The van der Waals surface area contributed by atoms with E-state index in [1.807, 2.05) is 24.3 Å². The fourth-order valence-electron chi connectivity index (χ4n) is 2.98. The number of nitrogens with zero attached hydrogens (tertiary/aromatic N) is 1. The number of rotatable bonds is 7. The van der Waals surface area contributed by atoms with E-state index in [4.69, 9.17) is 0 Å². The van der Waals surface area contributed by atoms with Crippen molar-refractivity contribution in [2.45, 2.75) is 17.7 Å². The maximum absolute atomic E-state index is 12.6. The zero-order chi connectivity index (χ0) is 21.3. The van der Waals surface area contributed by atoms with Crippen molar-refractivity contribution in [3.63, 3.8) is 0 Å². The quantitative estimate of drug-likeness (QED) is 0.589. The molecule has 30 heavy (non-hydrogen) atoms. The molecule has 0 aromatic heterocycles. The van der Waals surface area contributed by atoms with Crippen LogP contribution in [0.25, 0.3) is 0 Å². The molecular weight excluding hydrogens is 400 g/mol. The minimum Gasteiger partial charge on any atom is -0.334 e. The summed E-state index contributed by atoms with van der Waals surface area (Å²) in [6, 6.07) is 14.3. The van der Waals surface area contributed by atoms with Crippen molar-refractivity contribution in [3.8, 4) is 0 Å². The molecule has 0 atom stereocenters. The highest BCUT2D eigenvalue weighted by Crippen LogP contribution is 2.34. The van der Waals surface area contributed by atoms with Gasteiger partial charge >= 0.3 is 6.03 Å². The molecule has 3 rings (SSSR count). The molecule has 156 valence electrons. The lowest BCUT2D eigenvalue weighted by Gasteiger charge is -2.29. The molecule has 1 aliphatic rings. The standard InChI is InChI=1S/C22H24N4O3S/c1-2-13-23-22(29)25-17-9-7-16(8-10-17)24-20(27)11-12-21(28)26-14-15-30-19-6-4-3-5-18(19)26/h2-10H,1,11-15H2,(H,24,27)(H2,23,25,29). The molecule has 0 saturated heterocycles. The predicted molar refractivity (Wildman–Crippen MR) is 121 cm³/mol. The maximum atomic E-state index is 12.6. The summed E-state index contributed by atoms with van der Waals surface area (Å²) in [4.78, 5) is 39.3. The van der Waals surface area contributed by atoms with E-state index in [2.05, 4.69) is 22.5 Å². The van der Waals surface area contributed by atoms with Crippen LogP contribution in [0.3, 0.4) is 0 Å². The van der Waals surface area contributed by atoms with Crippen molar-refractivity contribution in [2.24, 2.45) is 0 Å². The molecule has 0 saturated carbocycles. The smallest absolute Gasteiger partial charge is 0.319 e. The normalized spacial score (nSPS) is 12.5. The maximum Gasteiger partial charge on any atom is 0.319 e. The van der Waals surface area contributed by atoms with Crippen molar-refractivity contribution < 1.29 is 14.4 Å². The zero-order valence-corrected chi connectivity index (χ0v) is 17.3. The topological polar surface area (TPSA) is 90.5 Å². The van der Waals surface area contributed by atoms with Crippen LogP contribution in [0.15, 0.2) is 66.1 Å². The molecule has 0 aliphatic carbocycles. The summed E-state index contributed by atoms with van der Waals surface area (Å²) < 4.78 is 0. The molecule has 0 radical (unpaired) electrons. The van der Waals surface area contributed by atoms with Crippen LogP contribution in [-0.4, -0.2) is 36.7 Å². The van der Waals surface area contributed by atoms with Gasteiger partial charge in [-0.05, 0) is 36.4 Å². The Morgan fingerprint density at radius 1 is 1.00 bits per heavy atom. The Balaban J connectivity index is 1.47. The SMILES string of the molecule is C=CCNC(=O)Nc1ccc(NC(=O)CCC(=O)N2CCSc3ccccc32)cc1. The summed E-state index contributed by atoms with van der Waals surface area (Å²) in [7, 11) is 0. The van der Waals surface area contributed by atoms with Crippen LogP contribution in [0.2, 0.25) is 0 Å². The molecular formula is C22H24N4O3S. The van der Waals surface area contributed by atoms with Gasteiger partial charge in [-0.1, -0.05) is 18.2 Å². The number of nitrogens with one attached hydrogen (secondary N) is 3. The van der Waals surface area contributed by atoms with Crippen LogP contribution in [-0.2, 0) is 9.59 Å². The Morgan fingerprint density at radius 2 is 1.70 bits per heavy atom. The lowest BCUT2D eigenvalue weighted by molar-refractivity contribution is -0.122. The van der Waals surface area contributed by atoms with Crippen LogP contribution in [0.4, 0.5) is 21.9 Å². The number of fused-ring (bicyclic) bond motifs is 1. The molecule has 0 unspecified atom stereocenters. The molecule has 1 heterocycles. The number of hydrogen-bond donors (Lipinski definition) is 3. The van der Waals surface area contributed by atoms with Gasteiger partial charge in [-0.2, -0.15) is 0 Å². The molecule has 0 bridgehead atoms. The number of anilines is 3. The Bertz CT molecular complexity index is 930. The van der Waals surface area contributed by atoms with Crippen LogP contribution in [0.5, 0.6) is 0 Å². The lowest BCUT2D eigenvalue weighted by Crippen LogP contribution is -2.35. The van der Waals surface area contributed by atoms with Crippen LogP contribution >= 0.6 is 11.8 Å². The first-order chi connectivity index (χ1) is 14.6. The first kappa shape index (κ1) is 21.4. The fourth-order valence-corrected chi connectivity index (χ4v) is 3.98. The Kier molecular flexibility index (Phi) is 7.51. The van der Waals surface area contributed by atoms with Gasteiger partial charge in [0.05, 0.1) is 5.69 Å². The van der Waals surface area contributed by atoms with Gasteiger partial charge in [-0.25, -0.2) is 4.79 Å². The van der Waals surface area contributed by atoms with Gasteiger partial charge in [0.15, 0.2) is 0 Å². The van der Waals surface area contributed by atoms with Gasteiger partial charge < -0.3 is 20.9 Å². The summed E-state index contributed by atoms with van der Waals surface area (Å²) >= 11 is 1.74. The Hall–Kier alpha value is -3.26. The number of urea groups is 1. The highest BCUT2D eigenvalue weighted by atomic mass is 32.2. The molecule has 0 spiro atoms. The second-order valence-electron chi connectivity index (χ2n) is 6.61. The average Bonchev–Trinajstić information content (AvgIpc) is 2.77.